The van der Waals surface area contributed by atoms with E-state index in [-0.39, 0.29) is 63.9 Å². The van der Waals surface area contributed by atoms with Crippen LogP contribution >= 0.6 is 0 Å². The number of unbranched alkanes of at least 4 members (excludes halogenated alkanes) is 2. The molecule has 0 radical (unpaired) electrons. The van der Waals surface area contributed by atoms with Gasteiger partial charge in [-0.2, -0.15) is 0 Å². The first-order valence-electron chi connectivity index (χ1n) is 22.4. The molecule has 3 aromatic carbocycles. The van der Waals surface area contributed by atoms with E-state index in [9.17, 15) is 19.8 Å². The average molecular weight is 879 g/mol. The van der Waals surface area contributed by atoms with Crippen molar-refractivity contribution in [2.45, 2.75) is 102 Å². The van der Waals surface area contributed by atoms with Crippen LogP contribution in [0.5, 0.6) is 28.7 Å². The quantitative estimate of drug-likeness (QED) is 0.0455. The van der Waals surface area contributed by atoms with Gasteiger partial charge in [0, 0.05) is 43.2 Å². The summed E-state index contributed by atoms with van der Waals surface area (Å²) in [5.41, 5.74) is 3.08. The molecule has 13 heteroatoms. The number of carbonyl (C=O) groups excluding carboxylic acids is 2. The molecule has 0 unspecified atom stereocenters. The van der Waals surface area contributed by atoms with Gasteiger partial charge in [0.15, 0.2) is 11.5 Å². The van der Waals surface area contributed by atoms with Crippen LogP contribution in [0.15, 0.2) is 103 Å². The predicted molar refractivity (Wildman–Crippen MR) is 242 cm³/mol. The van der Waals surface area contributed by atoms with Gasteiger partial charge in [-0.3, -0.25) is 9.69 Å². The minimum absolute atomic E-state index is 0.00706. The van der Waals surface area contributed by atoms with Gasteiger partial charge in [-0.15, -0.1) is 13.2 Å². The fraction of sp³-hybridized carbons (Fsp3) is 0.471. The smallest absolute Gasteiger partial charge is 0.410 e. The summed E-state index contributed by atoms with van der Waals surface area (Å²) in [7, 11) is 0. The second-order valence-corrected chi connectivity index (χ2v) is 17.8. The van der Waals surface area contributed by atoms with Crippen molar-refractivity contribution in [3.63, 3.8) is 0 Å². The fourth-order valence-corrected chi connectivity index (χ4v) is 9.54. The largest absolute Gasteiger partial charge is 0.459 e. The number of hydrogen-bond donors (Lipinski definition) is 2. The van der Waals surface area contributed by atoms with Gasteiger partial charge in [-0.25, -0.2) is 4.79 Å². The van der Waals surface area contributed by atoms with Gasteiger partial charge in [0.05, 0.1) is 24.8 Å². The van der Waals surface area contributed by atoms with Crippen molar-refractivity contribution < 1.29 is 53.1 Å². The van der Waals surface area contributed by atoms with Crippen molar-refractivity contribution in [3.8, 4) is 28.7 Å². The molecule has 2 aliphatic heterocycles. The molecule has 0 bridgehead atoms. The normalized spacial score (nSPS) is 23.5. The maximum absolute atomic E-state index is 14.8. The van der Waals surface area contributed by atoms with Crippen LogP contribution < -0.4 is 18.9 Å². The van der Waals surface area contributed by atoms with Gasteiger partial charge >= 0.3 is 6.09 Å². The number of nitrogens with zero attached hydrogens (tertiary/aromatic N) is 2. The molecule has 7 rings (SSSR count). The summed E-state index contributed by atoms with van der Waals surface area (Å²) in [5.74, 6) is 0.499. The molecule has 2 heterocycles. The highest BCUT2D eigenvalue weighted by molar-refractivity contribution is 6.03. The Kier molecular flexibility index (Phi) is 15.1. The van der Waals surface area contributed by atoms with Crippen LogP contribution in [0.3, 0.4) is 0 Å². The molecule has 1 saturated carbocycles. The second-order valence-electron chi connectivity index (χ2n) is 17.8. The molecule has 4 aliphatic rings. The number of oxime groups is 1. The molecule has 1 fully saturated rings. The Bertz CT molecular complexity index is 2200. The maximum Gasteiger partial charge on any atom is 0.410 e. The molecule has 0 saturated heterocycles. The highest BCUT2D eigenvalue weighted by Crippen LogP contribution is 2.62. The highest BCUT2D eigenvalue weighted by Gasteiger charge is 2.66. The lowest BCUT2D eigenvalue weighted by Gasteiger charge is -2.60. The zero-order chi connectivity index (χ0) is 45.3. The van der Waals surface area contributed by atoms with Gasteiger partial charge in [0.1, 0.15) is 35.2 Å². The van der Waals surface area contributed by atoms with Gasteiger partial charge in [0.25, 0.3) is 0 Å². The van der Waals surface area contributed by atoms with E-state index in [1.54, 1.807) is 41.3 Å². The first-order chi connectivity index (χ1) is 31.0. The van der Waals surface area contributed by atoms with E-state index in [4.69, 9.17) is 38.4 Å². The van der Waals surface area contributed by atoms with Crippen molar-refractivity contribution >= 4 is 18.1 Å². The zero-order valence-electron chi connectivity index (χ0n) is 37.2. The summed E-state index contributed by atoms with van der Waals surface area (Å²) in [6, 6.07) is 17.5. The third-order valence-corrected chi connectivity index (χ3v) is 12.3. The molecular weight excluding hydrogens is 817 g/mol. The summed E-state index contributed by atoms with van der Waals surface area (Å²) < 4.78 is 38.4. The molecule has 1 amide bonds. The Morgan fingerprint density at radius 1 is 0.938 bits per heavy atom. The lowest BCUT2D eigenvalue weighted by Crippen LogP contribution is -2.70. The van der Waals surface area contributed by atoms with E-state index >= 15 is 0 Å². The van der Waals surface area contributed by atoms with Gasteiger partial charge < -0.3 is 43.5 Å². The van der Waals surface area contributed by atoms with E-state index < -0.39 is 29.4 Å². The minimum Gasteiger partial charge on any atom is -0.459 e. The number of carbonyl (C=O) groups is 2. The average Bonchev–Trinajstić information content (AvgIpc) is 3.76. The number of allylic oxidation sites excluding steroid dienone is 1. The summed E-state index contributed by atoms with van der Waals surface area (Å²) in [4.78, 5) is 34.4. The topological polar surface area (TPSA) is 155 Å². The maximum atomic E-state index is 14.8. The van der Waals surface area contributed by atoms with Crippen molar-refractivity contribution in [1.82, 2.24) is 4.90 Å². The van der Waals surface area contributed by atoms with Crippen LogP contribution in [0.25, 0.3) is 0 Å². The SMILES string of the molecule is C=CCCOC(=O)N(Cc1ccc2c(c1)OCO2)[C@H]1CC(=NOC(C)(C)C)C2=C[C@H](CCCCO)[C@@H](CCCCO)[C@@H]3c4cc(Oc5cccc(C=O)c5)ccc4O[C@@]1(OCC=C)[C@H]23. The fourth-order valence-electron chi connectivity index (χ4n) is 9.54. The van der Waals surface area contributed by atoms with E-state index in [1.165, 1.54) is 0 Å². The van der Waals surface area contributed by atoms with Crippen molar-refractivity contribution in [3.05, 3.63) is 114 Å². The highest BCUT2D eigenvalue weighted by atomic mass is 16.7. The Morgan fingerprint density at radius 2 is 1.70 bits per heavy atom. The second kappa shape index (κ2) is 20.9. The van der Waals surface area contributed by atoms with E-state index in [2.05, 4.69) is 19.2 Å². The summed E-state index contributed by atoms with van der Waals surface area (Å²) in [5, 5.41) is 24.9. The third-order valence-electron chi connectivity index (χ3n) is 12.3. The number of aliphatic hydroxyl groups excluding tert-OH is 2. The predicted octanol–water partition coefficient (Wildman–Crippen LogP) is 9.67. The number of fused-ring (bicyclic) bond motifs is 3. The third kappa shape index (κ3) is 10.3. The number of amides is 1. The number of aldehydes is 1. The molecule has 2 aliphatic carbocycles. The van der Waals surface area contributed by atoms with E-state index in [0.29, 0.717) is 59.3 Å². The van der Waals surface area contributed by atoms with Gasteiger partial charge in [-0.1, -0.05) is 54.4 Å². The number of rotatable bonds is 21. The first-order valence-corrected chi connectivity index (χ1v) is 22.4. The zero-order valence-corrected chi connectivity index (χ0v) is 37.2. The van der Waals surface area contributed by atoms with Crippen LogP contribution in [0.1, 0.15) is 99.5 Å². The molecule has 342 valence electrons. The minimum atomic E-state index is -1.52. The Hall–Kier alpha value is -5.63. The van der Waals surface area contributed by atoms with Crippen LogP contribution in [0.2, 0.25) is 0 Å². The van der Waals surface area contributed by atoms with Gasteiger partial charge in [0.2, 0.25) is 12.6 Å². The molecule has 0 spiro atoms. The summed E-state index contributed by atoms with van der Waals surface area (Å²) >= 11 is 0. The summed E-state index contributed by atoms with van der Waals surface area (Å²) in [6.07, 6.45) is 10.9. The molecular formula is C51H62N2O11. The van der Waals surface area contributed by atoms with Crippen LogP contribution in [-0.2, 0) is 20.9 Å². The number of ether oxygens (including phenoxy) is 6. The lowest BCUT2D eigenvalue weighted by atomic mass is 9.55. The Labute approximate surface area is 376 Å². The standard InChI is InChI=1S/C51H62N2O11/c1-6-8-25-58-49(57)53(31-34-18-20-44-45(27-34)60-33-59-44)46-30-42(52-64-50(3,4)5)40-28-36(15-9-11-22-54)39(17-10-12-23-55)47-41-29-38(62-37-16-13-14-35(26-37)32-56)19-21-43(41)63-51(46,48(40)47)61-24-7-2/h6-7,13-14,16,18-21,26-29,32,36,39,46-48,54-55H,1-2,8-12,15,17,22-25,30-31,33H2,3-5H3/t36-,39+,46-,47+,48+,51+/m0/s1. The molecule has 13 nitrogen and oxygen atoms in total. The molecule has 6 atom stereocenters. The molecule has 0 aromatic heterocycles. The monoisotopic (exact) mass is 878 g/mol. The van der Waals surface area contributed by atoms with Crippen molar-refractivity contribution in [1.29, 1.82) is 0 Å². The first kappa shape index (κ1) is 46.4. The van der Waals surface area contributed by atoms with Crippen molar-refractivity contribution in [2.24, 2.45) is 22.9 Å². The van der Waals surface area contributed by atoms with Gasteiger partial charge in [-0.05, 0) is 118 Å². The number of aliphatic hydroxyl groups is 2. The number of hydrogen-bond acceptors (Lipinski definition) is 12. The van der Waals surface area contributed by atoms with E-state index in [1.807, 2.05) is 57.2 Å². The lowest BCUT2D eigenvalue weighted by molar-refractivity contribution is -0.256. The van der Waals surface area contributed by atoms with Crippen LogP contribution in [-0.4, -0.2) is 83.9 Å². The molecule has 2 N–H and O–H groups in total. The van der Waals surface area contributed by atoms with Crippen molar-refractivity contribution in [2.75, 3.05) is 33.2 Å². The molecule has 3 aromatic rings. The van der Waals surface area contributed by atoms with Crippen LogP contribution in [0.4, 0.5) is 4.79 Å². The van der Waals surface area contributed by atoms with E-state index in [0.717, 1.165) is 48.7 Å². The Balaban J connectivity index is 1.46. The number of benzene rings is 3. The Morgan fingerprint density at radius 3 is 2.45 bits per heavy atom. The van der Waals surface area contributed by atoms with Crippen LogP contribution in [0, 0.1) is 17.8 Å². The summed E-state index contributed by atoms with van der Waals surface area (Å²) in [6.45, 7) is 14.3. The molecule has 64 heavy (non-hydrogen) atoms.